The lowest BCUT2D eigenvalue weighted by Gasteiger charge is -2.10. The Morgan fingerprint density at radius 2 is 1.32 bits per heavy atom. The standard InChI is InChI=1S/C29H25F3O2/c1-2-34-27-16-14-24(17-26(27)30)21-8-3-19(4-9-21)5-12-23-13-15-25(29(32)28(23)31)22-10-6-20(18-33)7-11-22/h3-4,6-11,13-17,33H,2,5,12,18H2,1H3. The molecule has 0 atom stereocenters. The third-order valence-electron chi connectivity index (χ3n) is 5.81. The quantitative estimate of drug-likeness (QED) is 0.302. The monoisotopic (exact) mass is 462 g/mol. The summed E-state index contributed by atoms with van der Waals surface area (Å²) < 4.78 is 48.9. The molecule has 0 bridgehead atoms. The van der Waals surface area contributed by atoms with Gasteiger partial charge in [-0.05, 0) is 65.3 Å². The van der Waals surface area contributed by atoms with Crippen molar-refractivity contribution in [3.05, 3.63) is 113 Å². The predicted molar refractivity (Wildman–Crippen MR) is 128 cm³/mol. The summed E-state index contributed by atoms with van der Waals surface area (Å²) in [6, 6.07) is 22.4. The maximum absolute atomic E-state index is 14.7. The van der Waals surface area contributed by atoms with Crippen molar-refractivity contribution in [2.24, 2.45) is 0 Å². The minimum Gasteiger partial charge on any atom is -0.491 e. The Balaban J connectivity index is 1.45. The van der Waals surface area contributed by atoms with Gasteiger partial charge in [-0.2, -0.15) is 0 Å². The Labute approximate surface area is 197 Å². The molecule has 0 aliphatic carbocycles. The van der Waals surface area contributed by atoms with E-state index in [-0.39, 0.29) is 17.9 Å². The van der Waals surface area contributed by atoms with E-state index in [1.165, 1.54) is 6.07 Å². The summed E-state index contributed by atoms with van der Waals surface area (Å²) >= 11 is 0. The second-order valence-corrected chi connectivity index (χ2v) is 8.03. The van der Waals surface area contributed by atoms with E-state index in [4.69, 9.17) is 9.84 Å². The van der Waals surface area contributed by atoms with Gasteiger partial charge in [0.05, 0.1) is 13.2 Å². The molecule has 4 rings (SSSR count). The van der Waals surface area contributed by atoms with Crippen LogP contribution < -0.4 is 4.74 Å². The average Bonchev–Trinajstić information content (AvgIpc) is 2.87. The number of hydrogen-bond donors (Lipinski definition) is 1. The molecule has 0 saturated heterocycles. The molecular weight excluding hydrogens is 437 g/mol. The lowest BCUT2D eigenvalue weighted by Crippen LogP contribution is -2.00. The Bertz CT molecular complexity index is 1270. The topological polar surface area (TPSA) is 29.5 Å². The summed E-state index contributed by atoms with van der Waals surface area (Å²) in [7, 11) is 0. The minimum absolute atomic E-state index is 0.103. The largest absolute Gasteiger partial charge is 0.491 e. The molecule has 0 spiro atoms. The second kappa shape index (κ2) is 10.6. The highest BCUT2D eigenvalue weighted by atomic mass is 19.2. The normalized spacial score (nSPS) is 11.0. The fourth-order valence-corrected chi connectivity index (χ4v) is 3.89. The Kier molecular flexibility index (Phi) is 7.33. The van der Waals surface area contributed by atoms with E-state index >= 15 is 0 Å². The molecule has 2 nitrogen and oxygen atoms in total. The number of benzene rings is 4. The van der Waals surface area contributed by atoms with E-state index in [0.717, 1.165) is 16.7 Å². The maximum Gasteiger partial charge on any atom is 0.166 e. The first-order valence-corrected chi connectivity index (χ1v) is 11.2. The van der Waals surface area contributed by atoms with Crippen LogP contribution in [-0.2, 0) is 19.4 Å². The zero-order chi connectivity index (χ0) is 24.1. The lowest BCUT2D eigenvalue weighted by molar-refractivity contribution is 0.282. The third kappa shape index (κ3) is 5.15. The number of ether oxygens (including phenoxy) is 1. The molecule has 0 aromatic heterocycles. The summed E-state index contributed by atoms with van der Waals surface area (Å²) in [5.74, 6) is -1.90. The van der Waals surface area contributed by atoms with Gasteiger partial charge in [-0.3, -0.25) is 0 Å². The van der Waals surface area contributed by atoms with Gasteiger partial charge in [0.15, 0.2) is 23.2 Å². The molecule has 34 heavy (non-hydrogen) atoms. The van der Waals surface area contributed by atoms with E-state index in [1.54, 1.807) is 55.5 Å². The lowest BCUT2D eigenvalue weighted by atomic mass is 9.97. The molecular formula is C29H25F3O2. The highest BCUT2D eigenvalue weighted by Gasteiger charge is 2.15. The molecule has 0 amide bonds. The maximum atomic E-state index is 14.7. The highest BCUT2D eigenvalue weighted by molar-refractivity contribution is 5.66. The van der Waals surface area contributed by atoms with Gasteiger partial charge in [0.2, 0.25) is 0 Å². The van der Waals surface area contributed by atoms with Crippen molar-refractivity contribution in [3.8, 4) is 28.0 Å². The van der Waals surface area contributed by atoms with Gasteiger partial charge < -0.3 is 9.84 Å². The highest BCUT2D eigenvalue weighted by Crippen LogP contribution is 2.29. The van der Waals surface area contributed by atoms with Crippen molar-refractivity contribution in [2.45, 2.75) is 26.4 Å². The average molecular weight is 463 g/mol. The van der Waals surface area contributed by atoms with Crippen molar-refractivity contribution >= 4 is 0 Å². The smallest absolute Gasteiger partial charge is 0.166 e. The second-order valence-electron chi connectivity index (χ2n) is 8.03. The molecule has 0 radical (unpaired) electrons. The molecule has 0 unspecified atom stereocenters. The first-order chi connectivity index (χ1) is 16.5. The summed E-state index contributed by atoms with van der Waals surface area (Å²) in [4.78, 5) is 0. The zero-order valence-electron chi connectivity index (χ0n) is 18.8. The Hall–Kier alpha value is -3.57. The fraction of sp³-hybridized carbons (Fsp3) is 0.172. The van der Waals surface area contributed by atoms with Gasteiger partial charge in [0, 0.05) is 5.56 Å². The summed E-state index contributed by atoms with van der Waals surface area (Å²) in [6.45, 7) is 2.10. The summed E-state index contributed by atoms with van der Waals surface area (Å²) in [5, 5.41) is 9.15. The molecule has 1 N–H and O–H groups in total. The van der Waals surface area contributed by atoms with Crippen LogP contribution in [0.25, 0.3) is 22.3 Å². The molecule has 0 aliphatic heterocycles. The first-order valence-electron chi connectivity index (χ1n) is 11.2. The number of hydrogen-bond acceptors (Lipinski definition) is 2. The SMILES string of the molecule is CCOc1ccc(-c2ccc(CCc3ccc(-c4ccc(CO)cc4)c(F)c3F)cc2)cc1F. The molecule has 4 aromatic carbocycles. The first kappa shape index (κ1) is 23.6. The van der Waals surface area contributed by atoms with E-state index in [9.17, 15) is 13.2 Å². The molecule has 4 aromatic rings. The summed E-state index contributed by atoms with van der Waals surface area (Å²) in [6.07, 6.45) is 0.891. The van der Waals surface area contributed by atoms with Crippen LogP contribution >= 0.6 is 0 Å². The van der Waals surface area contributed by atoms with Crippen molar-refractivity contribution in [2.75, 3.05) is 6.61 Å². The molecule has 0 saturated carbocycles. The van der Waals surface area contributed by atoms with Crippen LogP contribution in [0.1, 0.15) is 23.6 Å². The van der Waals surface area contributed by atoms with Gasteiger partial charge in [0.1, 0.15) is 0 Å². The third-order valence-corrected chi connectivity index (χ3v) is 5.81. The van der Waals surface area contributed by atoms with Crippen LogP contribution in [0.15, 0.2) is 78.9 Å². The number of aliphatic hydroxyl groups is 1. The van der Waals surface area contributed by atoms with Gasteiger partial charge >= 0.3 is 0 Å². The molecule has 174 valence electrons. The number of aliphatic hydroxyl groups excluding tert-OH is 1. The van der Waals surface area contributed by atoms with Crippen molar-refractivity contribution in [1.29, 1.82) is 0 Å². The minimum atomic E-state index is -0.873. The van der Waals surface area contributed by atoms with Gasteiger partial charge in [-0.1, -0.05) is 66.7 Å². The van der Waals surface area contributed by atoms with Crippen LogP contribution in [0.4, 0.5) is 13.2 Å². The summed E-state index contributed by atoms with van der Waals surface area (Å²) in [5.41, 5.74) is 4.34. The van der Waals surface area contributed by atoms with Crippen LogP contribution in [0.2, 0.25) is 0 Å². The van der Waals surface area contributed by atoms with Crippen molar-refractivity contribution in [1.82, 2.24) is 0 Å². The van der Waals surface area contributed by atoms with Crippen molar-refractivity contribution < 1.29 is 23.0 Å². The number of rotatable bonds is 8. The van der Waals surface area contributed by atoms with Gasteiger partial charge in [-0.25, -0.2) is 13.2 Å². The van der Waals surface area contributed by atoms with Gasteiger partial charge in [0.25, 0.3) is 0 Å². The molecule has 0 aliphatic rings. The van der Waals surface area contributed by atoms with Crippen LogP contribution in [-0.4, -0.2) is 11.7 Å². The predicted octanol–water partition coefficient (Wildman–Crippen LogP) is 7.11. The van der Waals surface area contributed by atoms with E-state index in [0.29, 0.717) is 36.1 Å². The number of halogens is 3. The van der Waals surface area contributed by atoms with Crippen LogP contribution in [0.3, 0.4) is 0 Å². The van der Waals surface area contributed by atoms with Gasteiger partial charge in [-0.15, -0.1) is 0 Å². The molecule has 0 fully saturated rings. The Morgan fingerprint density at radius 1 is 0.676 bits per heavy atom. The van der Waals surface area contributed by atoms with Crippen LogP contribution in [0, 0.1) is 17.5 Å². The zero-order valence-corrected chi connectivity index (χ0v) is 18.8. The number of aryl methyl sites for hydroxylation is 2. The molecule has 0 heterocycles. The molecule has 5 heteroatoms. The van der Waals surface area contributed by atoms with E-state index < -0.39 is 17.5 Å². The van der Waals surface area contributed by atoms with E-state index in [1.807, 2.05) is 24.3 Å². The van der Waals surface area contributed by atoms with E-state index in [2.05, 4.69) is 0 Å². The Morgan fingerprint density at radius 3 is 1.97 bits per heavy atom. The van der Waals surface area contributed by atoms with Crippen LogP contribution in [0.5, 0.6) is 5.75 Å². The fourth-order valence-electron chi connectivity index (χ4n) is 3.89. The van der Waals surface area contributed by atoms with Crippen molar-refractivity contribution in [3.63, 3.8) is 0 Å².